The van der Waals surface area contributed by atoms with Crippen molar-refractivity contribution in [1.29, 1.82) is 0 Å². The fourth-order valence-corrected chi connectivity index (χ4v) is 6.71. The zero-order chi connectivity index (χ0) is 21.0. The van der Waals surface area contributed by atoms with Gasteiger partial charge >= 0.3 is 5.97 Å². The Bertz CT molecular complexity index is 813. The van der Waals surface area contributed by atoms with Crippen molar-refractivity contribution >= 4 is 25.4 Å². The van der Waals surface area contributed by atoms with Crippen LogP contribution >= 0.6 is 0 Å². The molecule has 3 nitrogen and oxygen atoms in total. The van der Waals surface area contributed by atoms with Gasteiger partial charge in [0.05, 0.1) is 18.8 Å². The summed E-state index contributed by atoms with van der Waals surface area (Å²) in [7, 11) is -0.443. The third-order valence-electron chi connectivity index (χ3n) is 5.96. The lowest BCUT2D eigenvalue weighted by atomic mass is 9.68. The Balaban J connectivity index is 2.01. The van der Waals surface area contributed by atoms with Crippen molar-refractivity contribution in [2.45, 2.75) is 40.5 Å². The average Bonchev–Trinajstić information content (AvgIpc) is 2.72. The first-order valence-electron chi connectivity index (χ1n) is 10.3. The molecular formula is C25H32O3Si. The number of benzene rings is 2. The fourth-order valence-electron chi connectivity index (χ4n) is 4.34. The molecule has 0 spiro atoms. The maximum Gasteiger partial charge on any atom is 0.309 e. The molecule has 0 amide bonds. The van der Waals surface area contributed by atoms with Gasteiger partial charge in [-0.05, 0) is 40.6 Å². The first-order valence-corrected chi connectivity index (χ1v) is 12.0. The number of hydrogen-bond donors (Lipinski definition) is 0. The fraction of sp³-hybridized carbons (Fsp3) is 0.400. The maximum absolute atomic E-state index is 12.4. The predicted molar refractivity (Wildman–Crippen MR) is 121 cm³/mol. The van der Waals surface area contributed by atoms with E-state index < -0.39 is 9.04 Å². The van der Waals surface area contributed by atoms with E-state index in [4.69, 9.17) is 9.16 Å². The van der Waals surface area contributed by atoms with E-state index in [0.717, 1.165) is 12.2 Å². The van der Waals surface area contributed by atoms with Crippen LogP contribution in [0.3, 0.4) is 0 Å². The third kappa shape index (κ3) is 4.99. The Hall–Kier alpha value is -2.33. The topological polar surface area (TPSA) is 35.5 Å². The Morgan fingerprint density at radius 2 is 1.48 bits per heavy atom. The van der Waals surface area contributed by atoms with Gasteiger partial charge in [-0.2, -0.15) is 0 Å². The van der Waals surface area contributed by atoms with Crippen LogP contribution < -0.4 is 10.4 Å². The van der Waals surface area contributed by atoms with Crippen molar-refractivity contribution < 1.29 is 14.0 Å². The molecular weight excluding hydrogens is 376 g/mol. The molecule has 29 heavy (non-hydrogen) atoms. The van der Waals surface area contributed by atoms with E-state index >= 15 is 0 Å². The zero-order valence-electron chi connectivity index (χ0n) is 18.1. The van der Waals surface area contributed by atoms with Gasteiger partial charge in [-0.25, -0.2) is 0 Å². The highest BCUT2D eigenvalue weighted by atomic mass is 28.3. The van der Waals surface area contributed by atoms with Gasteiger partial charge in [0.15, 0.2) is 0 Å². The van der Waals surface area contributed by atoms with E-state index in [1.807, 2.05) is 12.1 Å². The number of esters is 1. The molecule has 0 fully saturated rings. The van der Waals surface area contributed by atoms with Gasteiger partial charge in [0.25, 0.3) is 9.04 Å². The van der Waals surface area contributed by atoms with Crippen LogP contribution in [0.4, 0.5) is 0 Å². The largest absolute Gasteiger partial charge is 0.541 e. The van der Waals surface area contributed by atoms with Crippen LogP contribution in [0.1, 0.15) is 40.5 Å². The molecule has 0 aliphatic heterocycles. The van der Waals surface area contributed by atoms with Gasteiger partial charge in [-0.3, -0.25) is 4.79 Å². The summed E-state index contributed by atoms with van der Waals surface area (Å²) in [5, 5.41) is 2.48. The number of allylic oxidation sites excluding steroid dienone is 2. The summed E-state index contributed by atoms with van der Waals surface area (Å²) in [5.41, 5.74) is 1.34. The summed E-state index contributed by atoms with van der Waals surface area (Å²) in [5.74, 6) is 0.988. The van der Waals surface area contributed by atoms with Gasteiger partial charge in [0, 0.05) is 6.42 Å². The normalized spacial score (nSPS) is 19.9. The third-order valence-corrected chi connectivity index (χ3v) is 8.46. The minimum absolute atomic E-state index is 0.0575. The van der Waals surface area contributed by atoms with Crippen molar-refractivity contribution in [2.24, 2.45) is 17.3 Å². The van der Waals surface area contributed by atoms with Crippen LogP contribution in [0.15, 0.2) is 72.0 Å². The average molecular weight is 409 g/mol. The molecule has 4 heteroatoms. The molecule has 2 aromatic carbocycles. The molecule has 2 atom stereocenters. The first-order chi connectivity index (χ1) is 13.8. The van der Waals surface area contributed by atoms with E-state index in [-0.39, 0.29) is 23.2 Å². The highest BCUT2D eigenvalue weighted by Gasteiger charge is 2.39. The molecule has 3 rings (SSSR count). The molecule has 154 valence electrons. The van der Waals surface area contributed by atoms with Crippen LogP contribution in [0.2, 0.25) is 0 Å². The van der Waals surface area contributed by atoms with Gasteiger partial charge in [-0.1, -0.05) is 81.4 Å². The lowest BCUT2D eigenvalue weighted by Crippen LogP contribution is -2.46. The Kier molecular flexibility index (Phi) is 6.63. The summed E-state index contributed by atoms with van der Waals surface area (Å²) >= 11 is 0. The van der Waals surface area contributed by atoms with Crippen LogP contribution in [0.5, 0.6) is 0 Å². The molecule has 0 aromatic heterocycles. The molecule has 1 aliphatic carbocycles. The first kappa shape index (κ1) is 21.4. The summed E-state index contributed by atoms with van der Waals surface area (Å²) in [6, 6.07) is 21.0. The zero-order valence-corrected chi connectivity index (χ0v) is 19.3. The van der Waals surface area contributed by atoms with Gasteiger partial charge < -0.3 is 9.16 Å². The molecule has 0 radical (unpaired) electrons. The minimum Gasteiger partial charge on any atom is -0.541 e. The summed E-state index contributed by atoms with van der Waals surface area (Å²) in [6.07, 6.45) is 1.44. The molecule has 1 aliphatic rings. The monoisotopic (exact) mass is 408 g/mol. The molecule has 2 aromatic rings. The van der Waals surface area contributed by atoms with E-state index in [0.29, 0.717) is 6.42 Å². The van der Waals surface area contributed by atoms with E-state index in [9.17, 15) is 4.79 Å². The molecule has 0 bridgehead atoms. The number of carbonyl (C=O) groups excluding carboxylic acids is 1. The van der Waals surface area contributed by atoms with Crippen LogP contribution in [-0.2, 0) is 14.0 Å². The molecule has 0 unspecified atom stereocenters. The lowest BCUT2D eigenvalue weighted by Gasteiger charge is -2.39. The Morgan fingerprint density at radius 1 is 0.966 bits per heavy atom. The minimum atomic E-state index is -1.92. The van der Waals surface area contributed by atoms with Crippen LogP contribution in [0, 0.1) is 17.3 Å². The number of hydrogen-bond acceptors (Lipinski definition) is 3. The molecule has 0 heterocycles. The van der Waals surface area contributed by atoms with Gasteiger partial charge in [0.1, 0.15) is 0 Å². The van der Waals surface area contributed by atoms with Crippen molar-refractivity contribution in [1.82, 2.24) is 0 Å². The van der Waals surface area contributed by atoms with Crippen LogP contribution in [-0.4, -0.2) is 22.1 Å². The second-order valence-corrected chi connectivity index (χ2v) is 11.3. The van der Waals surface area contributed by atoms with Gasteiger partial charge in [-0.15, -0.1) is 0 Å². The van der Waals surface area contributed by atoms with Crippen molar-refractivity contribution in [3.05, 3.63) is 72.0 Å². The van der Waals surface area contributed by atoms with E-state index in [1.165, 1.54) is 23.1 Å². The molecule has 0 N–H and O–H groups in total. The number of carbonyl (C=O) groups is 1. The van der Waals surface area contributed by atoms with Gasteiger partial charge in [0.2, 0.25) is 0 Å². The Morgan fingerprint density at radius 3 is 1.93 bits per heavy atom. The molecule has 0 saturated carbocycles. The SMILES string of the molecule is COC(=O)[C@H]1CC(O[SiH](c2ccccc2)c2ccccc2)=C(C)[C@@H](C(C)(C)C)C1. The summed E-state index contributed by atoms with van der Waals surface area (Å²) in [6.45, 7) is 8.89. The summed E-state index contributed by atoms with van der Waals surface area (Å²) in [4.78, 5) is 12.4. The second kappa shape index (κ2) is 9.00. The maximum atomic E-state index is 12.4. The number of methoxy groups -OCH3 is 1. The predicted octanol–water partition coefficient (Wildman–Crippen LogP) is 4.06. The van der Waals surface area contributed by atoms with Crippen molar-refractivity contribution in [2.75, 3.05) is 7.11 Å². The number of rotatable bonds is 5. The smallest absolute Gasteiger partial charge is 0.309 e. The lowest BCUT2D eigenvalue weighted by molar-refractivity contribution is -0.146. The Labute approximate surface area is 176 Å². The molecule has 0 saturated heterocycles. The summed E-state index contributed by atoms with van der Waals surface area (Å²) < 4.78 is 11.9. The van der Waals surface area contributed by atoms with Crippen molar-refractivity contribution in [3.63, 3.8) is 0 Å². The standard InChI is InChI=1S/C25H32O3Si/c1-18-22(25(2,3)4)16-19(24(26)27-5)17-23(18)28-29(20-12-8-6-9-13-20)21-14-10-7-11-15-21/h6-15,19,22,29H,16-17H2,1-5H3/t19-,22+/m1/s1. The quantitative estimate of drug-likeness (QED) is 0.553. The van der Waals surface area contributed by atoms with E-state index in [2.05, 4.69) is 76.2 Å². The van der Waals surface area contributed by atoms with Crippen LogP contribution in [0.25, 0.3) is 0 Å². The highest BCUT2D eigenvalue weighted by molar-refractivity contribution is 6.80. The highest BCUT2D eigenvalue weighted by Crippen LogP contribution is 2.44. The van der Waals surface area contributed by atoms with Crippen molar-refractivity contribution in [3.8, 4) is 0 Å². The second-order valence-electron chi connectivity index (χ2n) is 9.00. The van der Waals surface area contributed by atoms with E-state index in [1.54, 1.807) is 0 Å². The number of ether oxygens (including phenoxy) is 1.